The molecule has 0 saturated carbocycles. The monoisotopic (exact) mass is 515 g/mol. The average molecular weight is 516 g/mol. The van der Waals surface area contributed by atoms with E-state index in [9.17, 15) is 10.1 Å². The number of hydrogen-bond donors (Lipinski definition) is 1. The Morgan fingerprint density at radius 2 is 2.15 bits per heavy atom. The lowest BCUT2D eigenvalue weighted by Crippen LogP contribution is -2.15. The number of rotatable bonds is 8. The van der Waals surface area contributed by atoms with E-state index in [1.54, 1.807) is 17.4 Å². The first-order valence-electron chi connectivity index (χ1n) is 11.3. The van der Waals surface area contributed by atoms with Crippen LogP contribution in [0.2, 0.25) is 5.02 Å². The van der Waals surface area contributed by atoms with Crippen molar-refractivity contribution < 1.29 is 9.53 Å². The topological polar surface area (TPSA) is 92.8 Å². The van der Waals surface area contributed by atoms with E-state index in [-0.39, 0.29) is 18.3 Å². The fourth-order valence-corrected chi connectivity index (χ4v) is 6.20. The van der Waals surface area contributed by atoms with Gasteiger partial charge in [-0.1, -0.05) is 35.9 Å². The van der Waals surface area contributed by atoms with Gasteiger partial charge in [0.2, 0.25) is 5.91 Å². The Morgan fingerprint density at radius 3 is 2.94 bits per heavy atom. The van der Waals surface area contributed by atoms with Crippen LogP contribution in [0.4, 0.5) is 5.00 Å². The minimum absolute atomic E-state index is 0.159. The summed E-state index contributed by atoms with van der Waals surface area (Å²) in [5.74, 6) is 1.28. The number of nitrogens with zero attached hydrogens (tertiary/aromatic N) is 4. The van der Waals surface area contributed by atoms with E-state index < -0.39 is 0 Å². The summed E-state index contributed by atoms with van der Waals surface area (Å²) in [7, 11) is 0. The van der Waals surface area contributed by atoms with Crippen LogP contribution in [-0.4, -0.2) is 26.4 Å². The molecule has 0 bridgehead atoms. The number of thioether (sulfide) groups is 1. The molecule has 10 heteroatoms. The fraction of sp³-hybridized carbons (Fsp3) is 0.417. The molecular formula is C24H26ClN5O2S2. The number of thiophene rings is 1. The molecule has 34 heavy (non-hydrogen) atoms. The van der Waals surface area contributed by atoms with E-state index >= 15 is 0 Å². The smallest absolute Gasteiger partial charge is 0.235 e. The number of fused-ring (bicyclic) bond motifs is 1. The highest BCUT2D eigenvalue weighted by Crippen LogP contribution is 2.37. The first-order chi connectivity index (χ1) is 16.5. The summed E-state index contributed by atoms with van der Waals surface area (Å²) in [6.45, 7) is 4.84. The Bertz CT molecular complexity index is 1230. The minimum atomic E-state index is -0.159. The van der Waals surface area contributed by atoms with Crippen LogP contribution in [-0.2, 0) is 30.8 Å². The van der Waals surface area contributed by atoms with Crippen molar-refractivity contribution in [3.63, 3.8) is 0 Å². The van der Waals surface area contributed by atoms with Gasteiger partial charge in [-0.3, -0.25) is 4.79 Å². The zero-order chi connectivity index (χ0) is 24.1. The predicted octanol–water partition coefficient (Wildman–Crippen LogP) is 5.77. The molecule has 7 nitrogen and oxygen atoms in total. The Hall–Kier alpha value is -2.54. The van der Waals surface area contributed by atoms with Crippen molar-refractivity contribution in [3.8, 4) is 11.8 Å². The normalized spacial score (nSPS) is 13.1. The second-order valence-corrected chi connectivity index (χ2v) is 10.5. The van der Waals surface area contributed by atoms with E-state index in [1.807, 2.05) is 30.5 Å². The molecule has 1 aliphatic rings. The highest BCUT2D eigenvalue weighted by atomic mass is 35.5. The molecule has 1 amide bonds. The third kappa shape index (κ3) is 5.57. The van der Waals surface area contributed by atoms with Gasteiger partial charge < -0.3 is 14.6 Å². The van der Waals surface area contributed by atoms with Crippen molar-refractivity contribution in [1.82, 2.24) is 14.8 Å². The Balaban J connectivity index is 1.38. The van der Waals surface area contributed by atoms with E-state index in [0.717, 1.165) is 36.8 Å². The third-order valence-electron chi connectivity index (χ3n) is 5.67. The number of carbonyl (C=O) groups excluding carboxylic acids is 1. The molecule has 4 rings (SSSR count). The molecule has 1 N–H and O–H groups in total. The van der Waals surface area contributed by atoms with Crippen molar-refractivity contribution in [3.05, 3.63) is 50.6 Å². The molecule has 0 atom stereocenters. The predicted molar refractivity (Wildman–Crippen MR) is 136 cm³/mol. The van der Waals surface area contributed by atoms with E-state index in [2.05, 4.69) is 21.6 Å². The lowest BCUT2D eigenvalue weighted by atomic mass is 10.1. The lowest BCUT2D eigenvalue weighted by molar-refractivity contribution is -0.113. The molecule has 0 spiro atoms. The van der Waals surface area contributed by atoms with Gasteiger partial charge in [0.05, 0.1) is 16.3 Å². The summed E-state index contributed by atoms with van der Waals surface area (Å²) in [6.07, 6.45) is 5.32. The van der Waals surface area contributed by atoms with Gasteiger partial charge in [0, 0.05) is 11.4 Å². The SMILES string of the molecule is CCn1c(COc2cc(C)ccc2Cl)nnc1SCC(=O)Nc1sc2c(c1C#N)CCCCC2. The second-order valence-electron chi connectivity index (χ2n) is 8.08. The second kappa shape index (κ2) is 11.3. The Morgan fingerprint density at radius 1 is 1.32 bits per heavy atom. The van der Waals surface area contributed by atoms with Gasteiger partial charge in [-0.25, -0.2) is 0 Å². The van der Waals surface area contributed by atoms with Gasteiger partial charge in [0.25, 0.3) is 0 Å². The average Bonchev–Trinajstić information content (AvgIpc) is 3.29. The molecule has 0 unspecified atom stereocenters. The van der Waals surface area contributed by atoms with Crippen LogP contribution >= 0.6 is 34.7 Å². The number of hydrogen-bond acceptors (Lipinski definition) is 7. The summed E-state index contributed by atoms with van der Waals surface area (Å²) in [4.78, 5) is 13.9. The van der Waals surface area contributed by atoms with Crippen molar-refractivity contribution >= 4 is 45.6 Å². The molecule has 2 aromatic heterocycles. The number of nitriles is 1. The molecule has 3 aromatic rings. The zero-order valence-corrected chi connectivity index (χ0v) is 21.6. The summed E-state index contributed by atoms with van der Waals surface area (Å²) >= 11 is 9.08. The maximum atomic E-state index is 12.7. The van der Waals surface area contributed by atoms with Crippen molar-refractivity contribution in [2.75, 3.05) is 11.1 Å². The maximum Gasteiger partial charge on any atom is 0.235 e. The molecule has 0 aliphatic heterocycles. The van der Waals surface area contributed by atoms with Crippen LogP contribution in [0.5, 0.6) is 5.75 Å². The number of amides is 1. The van der Waals surface area contributed by atoms with Gasteiger partial charge in [-0.2, -0.15) is 5.26 Å². The zero-order valence-electron chi connectivity index (χ0n) is 19.2. The van der Waals surface area contributed by atoms with Gasteiger partial charge in [-0.15, -0.1) is 21.5 Å². The molecule has 2 heterocycles. The quantitative estimate of drug-likeness (QED) is 0.302. The number of halogens is 1. The number of aromatic nitrogens is 3. The number of ether oxygens (including phenoxy) is 1. The number of benzene rings is 1. The molecule has 1 aliphatic carbocycles. The van der Waals surface area contributed by atoms with Crippen LogP contribution in [0.25, 0.3) is 0 Å². The summed E-state index contributed by atoms with van der Waals surface area (Å²) in [6, 6.07) is 7.92. The number of anilines is 1. The van der Waals surface area contributed by atoms with Crippen LogP contribution in [0.1, 0.15) is 53.6 Å². The first-order valence-corrected chi connectivity index (χ1v) is 13.5. The minimum Gasteiger partial charge on any atom is -0.484 e. The van der Waals surface area contributed by atoms with Crippen molar-refractivity contribution in [2.24, 2.45) is 0 Å². The Labute approximate surface area is 212 Å². The number of nitrogens with one attached hydrogen (secondary N) is 1. The molecule has 0 fully saturated rings. The van der Waals surface area contributed by atoms with E-state index in [4.69, 9.17) is 16.3 Å². The summed E-state index contributed by atoms with van der Waals surface area (Å²) in [5.41, 5.74) is 2.81. The molecule has 1 aromatic carbocycles. The lowest BCUT2D eigenvalue weighted by Gasteiger charge is -2.10. The van der Waals surface area contributed by atoms with Gasteiger partial charge in [0.15, 0.2) is 11.0 Å². The largest absolute Gasteiger partial charge is 0.484 e. The number of carbonyl (C=O) groups is 1. The summed E-state index contributed by atoms with van der Waals surface area (Å²) in [5, 5.41) is 23.0. The van der Waals surface area contributed by atoms with Crippen molar-refractivity contribution in [2.45, 2.75) is 64.3 Å². The molecule has 0 saturated heterocycles. The Kier molecular flexibility index (Phi) is 8.14. The fourth-order valence-electron chi connectivity index (χ4n) is 3.96. The van der Waals surface area contributed by atoms with Crippen LogP contribution < -0.4 is 10.1 Å². The van der Waals surface area contributed by atoms with Gasteiger partial charge >= 0.3 is 0 Å². The highest BCUT2D eigenvalue weighted by Gasteiger charge is 2.21. The number of aryl methyl sites for hydroxylation is 2. The van der Waals surface area contributed by atoms with Crippen LogP contribution in [0.15, 0.2) is 23.4 Å². The third-order valence-corrected chi connectivity index (χ3v) is 8.16. The molecular weight excluding hydrogens is 490 g/mol. The van der Waals surface area contributed by atoms with Crippen molar-refractivity contribution in [1.29, 1.82) is 5.26 Å². The molecule has 0 radical (unpaired) electrons. The van der Waals surface area contributed by atoms with Crippen LogP contribution in [0, 0.1) is 18.3 Å². The first kappa shape index (κ1) is 24.6. The summed E-state index contributed by atoms with van der Waals surface area (Å²) < 4.78 is 7.79. The molecule has 178 valence electrons. The van der Waals surface area contributed by atoms with Gasteiger partial charge in [-0.05, 0) is 62.8 Å². The maximum absolute atomic E-state index is 12.7. The van der Waals surface area contributed by atoms with Crippen LogP contribution in [0.3, 0.4) is 0 Å². The standard InChI is InChI=1S/C24H26ClN5O2S2/c1-3-30-21(13-32-19-11-15(2)9-10-18(19)25)28-29-24(30)33-14-22(31)27-23-17(12-26)16-7-5-4-6-8-20(16)34-23/h9-11H,3-8,13-14H2,1-2H3,(H,27,31). The van der Waals surface area contributed by atoms with E-state index in [1.165, 1.54) is 23.1 Å². The van der Waals surface area contributed by atoms with E-state index in [0.29, 0.717) is 38.9 Å². The van der Waals surface area contributed by atoms with Gasteiger partial charge in [0.1, 0.15) is 23.4 Å². The highest BCUT2D eigenvalue weighted by molar-refractivity contribution is 7.99.